The van der Waals surface area contributed by atoms with Gasteiger partial charge >= 0.3 is 0 Å². The summed E-state index contributed by atoms with van der Waals surface area (Å²) in [5.74, 6) is 2.24. The Bertz CT molecular complexity index is 814. The van der Waals surface area contributed by atoms with E-state index in [1.165, 1.54) is 0 Å². The maximum atomic E-state index is 12.9. The Hall–Kier alpha value is -2.24. The summed E-state index contributed by atoms with van der Waals surface area (Å²) < 4.78 is 16.4. The van der Waals surface area contributed by atoms with Gasteiger partial charge in [0.25, 0.3) is 0 Å². The third-order valence-corrected chi connectivity index (χ3v) is 5.42. The molecular weight excluding hydrogens is 378 g/mol. The van der Waals surface area contributed by atoms with Crippen LogP contribution in [0.5, 0.6) is 17.2 Å². The number of methoxy groups -OCH3 is 3. The van der Waals surface area contributed by atoms with Crippen molar-refractivity contribution in [3.63, 3.8) is 0 Å². The minimum absolute atomic E-state index is 0.0394. The molecule has 150 valence electrons. The van der Waals surface area contributed by atoms with E-state index in [0.717, 1.165) is 36.4 Å². The Labute approximate surface area is 171 Å². The molecule has 0 aromatic heterocycles. The second kappa shape index (κ2) is 9.30. The number of benzene rings is 2. The van der Waals surface area contributed by atoms with Gasteiger partial charge in [-0.1, -0.05) is 23.7 Å². The Kier molecular flexibility index (Phi) is 6.81. The standard InChI is InChI=1S/C22H26ClNO4/c1-26-18-11-20(27-2)19(21(12-18)28-3)14-24-9-5-7-16(13-24)22(25)15-6-4-8-17(23)10-15/h4,6,8,10-12,16H,5,7,9,13-14H2,1-3H3/t16-/m0/s1. The van der Waals surface area contributed by atoms with Gasteiger partial charge in [0.15, 0.2) is 5.78 Å². The van der Waals surface area contributed by atoms with Crippen molar-refractivity contribution in [3.8, 4) is 17.2 Å². The summed E-state index contributed by atoms with van der Waals surface area (Å²) in [6.45, 7) is 2.27. The maximum Gasteiger partial charge on any atom is 0.167 e. The molecular formula is C22H26ClNO4. The van der Waals surface area contributed by atoms with E-state index in [-0.39, 0.29) is 11.7 Å². The molecule has 0 spiro atoms. The van der Waals surface area contributed by atoms with E-state index in [9.17, 15) is 4.79 Å². The van der Waals surface area contributed by atoms with Crippen LogP contribution in [-0.2, 0) is 6.54 Å². The van der Waals surface area contributed by atoms with Crippen LogP contribution in [0.4, 0.5) is 0 Å². The number of carbonyl (C=O) groups excluding carboxylic acids is 1. The zero-order valence-electron chi connectivity index (χ0n) is 16.5. The summed E-state index contributed by atoms with van der Waals surface area (Å²) in [6, 6.07) is 10.9. The summed E-state index contributed by atoms with van der Waals surface area (Å²) in [7, 11) is 4.89. The van der Waals surface area contributed by atoms with Crippen molar-refractivity contribution in [1.82, 2.24) is 4.90 Å². The molecule has 0 unspecified atom stereocenters. The van der Waals surface area contributed by atoms with Crippen LogP contribution < -0.4 is 14.2 Å². The lowest BCUT2D eigenvalue weighted by Gasteiger charge is -2.32. The smallest absolute Gasteiger partial charge is 0.167 e. The highest BCUT2D eigenvalue weighted by Gasteiger charge is 2.28. The van der Waals surface area contributed by atoms with Crippen LogP contribution >= 0.6 is 11.6 Å². The predicted molar refractivity (Wildman–Crippen MR) is 110 cm³/mol. The zero-order chi connectivity index (χ0) is 20.1. The van der Waals surface area contributed by atoms with Gasteiger partial charge < -0.3 is 14.2 Å². The topological polar surface area (TPSA) is 48.0 Å². The van der Waals surface area contributed by atoms with Crippen molar-refractivity contribution in [2.24, 2.45) is 5.92 Å². The molecule has 6 heteroatoms. The highest BCUT2D eigenvalue weighted by molar-refractivity contribution is 6.31. The molecule has 0 amide bonds. The lowest BCUT2D eigenvalue weighted by atomic mass is 9.89. The first-order chi connectivity index (χ1) is 13.5. The summed E-state index contributed by atoms with van der Waals surface area (Å²) in [4.78, 5) is 15.2. The number of nitrogens with zero attached hydrogens (tertiary/aromatic N) is 1. The van der Waals surface area contributed by atoms with E-state index in [4.69, 9.17) is 25.8 Å². The lowest BCUT2D eigenvalue weighted by molar-refractivity contribution is 0.0810. The third-order valence-electron chi connectivity index (χ3n) is 5.18. The Morgan fingerprint density at radius 3 is 2.43 bits per heavy atom. The molecule has 1 heterocycles. The van der Waals surface area contributed by atoms with Crippen LogP contribution in [0.2, 0.25) is 5.02 Å². The number of carbonyl (C=O) groups is 1. The van der Waals surface area contributed by atoms with Crippen LogP contribution in [0.1, 0.15) is 28.8 Å². The molecule has 1 aliphatic heterocycles. The molecule has 0 saturated carbocycles. The minimum atomic E-state index is -0.0394. The van der Waals surface area contributed by atoms with Gasteiger partial charge in [0, 0.05) is 41.7 Å². The molecule has 28 heavy (non-hydrogen) atoms. The SMILES string of the molecule is COc1cc(OC)c(CN2CCC[C@H](C(=O)c3cccc(Cl)c3)C2)c(OC)c1. The van der Waals surface area contributed by atoms with Crippen molar-refractivity contribution < 1.29 is 19.0 Å². The second-order valence-electron chi connectivity index (χ2n) is 6.96. The first kappa shape index (κ1) is 20.5. The van der Waals surface area contributed by atoms with Gasteiger partial charge in [-0.25, -0.2) is 0 Å². The van der Waals surface area contributed by atoms with Crippen molar-refractivity contribution in [1.29, 1.82) is 0 Å². The molecule has 0 radical (unpaired) electrons. The predicted octanol–water partition coefficient (Wildman–Crippen LogP) is 4.46. The fraction of sp³-hybridized carbons (Fsp3) is 0.409. The van der Waals surface area contributed by atoms with Gasteiger partial charge in [0.1, 0.15) is 17.2 Å². The highest BCUT2D eigenvalue weighted by Crippen LogP contribution is 2.36. The normalized spacial score (nSPS) is 17.2. The first-order valence-electron chi connectivity index (χ1n) is 9.36. The van der Waals surface area contributed by atoms with Crippen molar-refractivity contribution >= 4 is 17.4 Å². The van der Waals surface area contributed by atoms with Gasteiger partial charge in [0.05, 0.1) is 26.9 Å². The van der Waals surface area contributed by atoms with E-state index < -0.39 is 0 Å². The minimum Gasteiger partial charge on any atom is -0.496 e. The number of halogens is 1. The third kappa shape index (κ3) is 4.59. The van der Waals surface area contributed by atoms with Gasteiger partial charge in [-0.15, -0.1) is 0 Å². The van der Waals surface area contributed by atoms with Crippen LogP contribution in [0.15, 0.2) is 36.4 Å². The number of ketones is 1. The maximum absolute atomic E-state index is 12.9. The van der Waals surface area contributed by atoms with E-state index in [0.29, 0.717) is 29.4 Å². The number of likely N-dealkylation sites (tertiary alicyclic amines) is 1. The first-order valence-corrected chi connectivity index (χ1v) is 9.74. The summed E-state index contributed by atoms with van der Waals surface area (Å²) in [6.07, 6.45) is 1.86. The highest BCUT2D eigenvalue weighted by atomic mass is 35.5. The van der Waals surface area contributed by atoms with E-state index in [1.807, 2.05) is 24.3 Å². The Morgan fingerprint density at radius 2 is 1.82 bits per heavy atom. The molecule has 3 rings (SSSR count). The van der Waals surface area contributed by atoms with Crippen LogP contribution in [0, 0.1) is 5.92 Å². The molecule has 5 nitrogen and oxygen atoms in total. The number of hydrogen-bond donors (Lipinski definition) is 0. The van der Waals surface area contributed by atoms with Crippen LogP contribution in [0.3, 0.4) is 0 Å². The number of hydrogen-bond acceptors (Lipinski definition) is 5. The molecule has 0 bridgehead atoms. The largest absolute Gasteiger partial charge is 0.496 e. The second-order valence-corrected chi connectivity index (χ2v) is 7.40. The summed E-state index contributed by atoms with van der Waals surface area (Å²) >= 11 is 6.05. The van der Waals surface area contributed by atoms with Crippen molar-refractivity contribution in [2.45, 2.75) is 19.4 Å². The van der Waals surface area contributed by atoms with Crippen molar-refractivity contribution in [2.75, 3.05) is 34.4 Å². The zero-order valence-corrected chi connectivity index (χ0v) is 17.3. The molecule has 1 atom stereocenters. The average molecular weight is 404 g/mol. The Morgan fingerprint density at radius 1 is 1.11 bits per heavy atom. The summed E-state index contributed by atoms with van der Waals surface area (Å²) in [5.41, 5.74) is 1.64. The molecule has 1 saturated heterocycles. The van der Waals surface area contributed by atoms with Gasteiger partial charge in [0.2, 0.25) is 0 Å². The van der Waals surface area contributed by atoms with Crippen molar-refractivity contribution in [3.05, 3.63) is 52.5 Å². The van der Waals surface area contributed by atoms with Crippen LogP contribution in [-0.4, -0.2) is 45.1 Å². The molecule has 0 N–H and O–H groups in total. The van der Waals surface area contributed by atoms with Gasteiger partial charge in [-0.2, -0.15) is 0 Å². The van der Waals surface area contributed by atoms with Crippen LogP contribution in [0.25, 0.3) is 0 Å². The number of Topliss-reactive ketones (excluding diaryl/α,β-unsaturated/α-hetero) is 1. The lowest BCUT2D eigenvalue weighted by Crippen LogP contribution is -2.38. The Balaban J connectivity index is 1.77. The summed E-state index contributed by atoms with van der Waals surface area (Å²) in [5, 5.41) is 0.589. The number of piperidine rings is 1. The molecule has 1 aliphatic rings. The fourth-order valence-electron chi connectivity index (χ4n) is 3.75. The van der Waals surface area contributed by atoms with Gasteiger partial charge in [-0.05, 0) is 31.5 Å². The number of ether oxygens (including phenoxy) is 3. The van der Waals surface area contributed by atoms with E-state index >= 15 is 0 Å². The monoisotopic (exact) mass is 403 g/mol. The van der Waals surface area contributed by atoms with E-state index in [2.05, 4.69) is 4.90 Å². The molecule has 0 aliphatic carbocycles. The molecule has 1 fully saturated rings. The average Bonchev–Trinajstić information content (AvgIpc) is 2.73. The van der Waals surface area contributed by atoms with E-state index in [1.54, 1.807) is 33.5 Å². The molecule has 2 aromatic carbocycles. The quantitative estimate of drug-likeness (QED) is 0.639. The fourth-order valence-corrected chi connectivity index (χ4v) is 3.94. The molecule has 2 aromatic rings. The number of rotatable bonds is 7. The van der Waals surface area contributed by atoms with Gasteiger partial charge in [-0.3, -0.25) is 9.69 Å².